The molecule has 0 aromatic heterocycles. The van der Waals surface area contributed by atoms with Crippen molar-refractivity contribution in [3.05, 3.63) is 59.9 Å². The quantitative estimate of drug-likeness (QED) is 0.637. The molecule has 0 aliphatic rings. The van der Waals surface area contributed by atoms with E-state index in [4.69, 9.17) is 10.5 Å². The topological polar surface area (TPSA) is 64.4 Å². The summed E-state index contributed by atoms with van der Waals surface area (Å²) in [5, 5.41) is 2.92. The number of hydrogen-bond donors (Lipinski definition) is 2. The zero-order chi connectivity index (χ0) is 17.9. The summed E-state index contributed by atoms with van der Waals surface area (Å²) in [6, 6.07) is 13.3. The minimum atomic E-state index is -0.294. The predicted octanol–water partition coefficient (Wildman–Crippen LogP) is 4.14. The zero-order valence-corrected chi connectivity index (χ0v) is 14.3. The van der Waals surface area contributed by atoms with E-state index in [0.29, 0.717) is 31.0 Å². The SMILES string of the molecule is NCCCCCCC(=O)NCc1ccc(Oc2ccc(F)cc2)cc1. The van der Waals surface area contributed by atoms with Crippen LogP contribution in [0.5, 0.6) is 11.5 Å². The second-order valence-corrected chi connectivity index (χ2v) is 5.93. The average molecular weight is 344 g/mol. The van der Waals surface area contributed by atoms with Gasteiger partial charge in [-0.05, 0) is 61.3 Å². The maximum atomic E-state index is 12.9. The number of carbonyl (C=O) groups is 1. The highest BCUT2D eigenvalue weighted by Crippen LogP contribution is 2.21. The van der Waals surface area contributed by atoms with Gasteiger partial charge in [0.25, 0.3) is 0 Å². The molecule has 134 valence electrons. The molecule has 0 heterocycles. The Morgan fingerprint density at radius 2 is 1.52 bits per heavy atom. The fourth-order valence-corrected chi connectivity index (χ4v) is 2.39. The van der Waals surface area contributed by atoms with Crippen LogP contribution in [0.25, 0.3) is 0 Å². The van der Waals surface area contributed by atoms with Crippen molar-refractivity contribution in [2.45, 2.75) is 38.6 Å². The molecule has 5 heteroatoms. The molecule has 1 amide bonds. The van der Waals surface area contributed by atoms with Crippen molar-refractivity contribution in [1.29, 1.82) is 0 Å². The largest absolute Gasteiger partial charge is 0.457 e. The molecule has 0 fully saturated rings. The van der Waals surface area contributed by atoms with Crippen LogP contribution in [0, 0.1) is 5.82 Å². The molecule has 4 nitrogen and oxygen atoms in total. The van der Waals surface area contributed by atoms with Gasteiger partial charge in [-0.15, -0.1) is 0 Å². The van der Waals surface area contributed by atoms with Crippen molar-refractivity contribution in [2.24, 2.45) is 5.73 Å². The molecule has 2 aromatic carbocycles. The molecule has 0 aliphatic carbocycles. The van der Waals surface area contributed by atoms with Gasteiger partial charge in [-0.3, -0.25) is 4.79 Å². The van der Waals surface area contributed by atoms with E-state index in [9.17, 15) is 9.18 Å². The number of halogens is 1. The highest BCUT2D eigenvalue weighted by Gasteiger charge is 2.02. The van der Waals surface area contributed by atoms with Crippen molar-refractivity contribution >= 4 is 5.91 Å². The van der Waals surface area contributed by atoms with Gasteiger partial charge >= 0.3 is 0 Å². The van der Waals surface area contributed by atoms with Crippen LogP contribution in [0.4, 0.5) is 4.39 Å². The van der Waals surface area contributed by atoms with E-state index in [0.717, 1.165) is 31.2 Å². The smallest absolute Gasteiger partial charge is 0.220 e. The van der Waals surface area contributed by atoms with E-state index in [2.05, 4.69) is 5.32 Å². The molecular formula is C20H25FN2O2. The number of amides is 1. The number of benzene rings is 2. The summed E-state index contributed by atoms with van der Waals surface area (Å²) in [7, 11) is 0. The van der Waals surface area contributed by atoms with Crippen LogP contribution in [-0.4, -0.2) is 12.5 Å². The van der Waals surface area contributed by atoms with Crippen LogP contribution in [0.1, 0.15) is 37.7 Å². The minimum absolute atomic E-state index is 0.0689. The lowest BCUT2D eigenvalue weighted by Crippen LogP contribution is -2.22. The molecule has 25 heavy (non-hydrogen) atoms. The van der Waals surface area contributed by atoms with Gasteiger partial charge in [-0.25, -0.2) is 4.39 Å². The lowest BCUT2D eigenvalue weighted by atomic mass is 10.1. The third-order valence-electron chi connectivity index (χ3n) is 3.82. The standard InChI is InChI=1S/C20H25FN2O2/c21-17-8-12-19(13-9-17)25-18-10-6-16(7-11-18)15-23-20(24)5-3-1-2-4-14-22/h6-13H,1-5,14-15,22H2,(H,23,24). The number of carbonyl (C=O) groups excluding carboxylic acids is 1. The molecule has 0 spiro atoms. The predicted molar refractivity (Wildman–Crippen MR) is 96.9 cm³/mol. The van der Waals surface area contributed by atoms with Crippen molar-refractivity contribution in [3.63, 3.8) is 0 Å². The van der Waals surface area contributed by atoms with Gasteiger partial charge < -0.3 is 15.8 Å². The van der Waals surface area contributed by atoms with Crippen LogP contribution in [-0.2, 0) is 11.3 Å². The van der Waals surface area contributed by atoms with Gasteiger partial charge in [-0.2, -0.15) is 0 Å². The third-order valence-corrected chi connectivity index (χ3v) is 3.82. The third kappa shape index (κ3) is 7.35. The molecule has 2 aromatic rings. The maximum Gasteiger partial charge on any atom is 0.220 e. The molecule has 0 bridgehead atoms. The van der Waals surface area contributed by atoms with Crippen LogP contribution < -0.4 is 15.8 Å². The molecule has 0 atom stereocenters. The van der Waals surface area contributed by atoms with Gasteiger partial charge in [-0.1, -0.05) is 25.0 Å². The molecule has 0 radical (unpaired) electrons. The number of rotatable bonds is 10. The molecular weight excluding hydrogens is 319 g/mol. The first kappa shape index (κ1) is 18.9. The summed E-state index contributed by atoms with van der Waals surface area (Å²) in [5.41, 5.74) is 6.44. The van der Waals surface area contributed by atoms with E-state index < -0.39 is 0 Å². The van der Waals surface area contributed by atoms with Crippen LogP contribution in [0.15, 0.2) is 48.5 Å². The Labute approximate surface area is 148 Å². The van der Waals surface area contributed by atoms with E-state index in [1.165, 1.54) is 12.1 Å². The summed E-state index contributed by atoms with van der Waals surface area (Å²) in [5.74, 6) is 1.02. The van der Waals surface area contributed by atoms with Crippen molar-refractivity contribution in [2.75, 3.05) is 6.54 Å². The summed E-state index contributed by atoms with van der Waals surface area (Å²) in [6.45, 7) is 1.21. The van der Waals surface area contributed by atoms with Crippen LogP contribution in [0.2, 0.25) is 0 Å². The second kappa shape index (κ2) is 10.5. The molecule has 0 saturated heterocycles. The summed E-state index contributed by atoms with van der Waals surface area (Å²) < 4.78 is 18.5. The second-order valence-electron chi connectivity index (χ2n) is 5.93. The number of unbranched alkanes of at least 4 members (excludes halogenated alkanes) is 3. The normalized spacial score (nSPS) is 10.5. The molecule has 0 unspecified atom stereocenters. The zero-order valence-electron chi connectivity index (χ0n) is 14.3. The monoisotopic (exact) mass is 344 g/mol. The number of ether oxygens (including phenoxy) is 1. The lowest BCUT2D eigenvalue weighted by molar-refractivity contribution is -0.121. The van der Waals surface area contributed by atoms with E-state index >= 15 is 0 Å². The summed E-state index contributed by atoms with van der Waals surface area (Å²) in [6.07, 6.45) is 4.60. The van der Waals surface area contributed by atoms with Crippen LogP contribution >= 0.6 is 0 Å². The average Bonchev–Trinajstić information content (AvgIpc) is 2.63. The molecule has 0 saturated carbocycles. The highest BCUT2D eigenvalue weighted by molar-refractivity contribution is 5.75. The van der Waals surface area contributed by atoms with E-state index in [1.807, 2.05) is 24.3 Å². The number of hydrogen-bond acceptors (Lipinski definition) is 3. The van der Waals surface area contributed by atoms with E-state index in [1.54, 1.807) is 12.1 Å². The Balaban J connectivity index is 1.71. The summed E-state index contributed by atoms with van der Waals surface area (Å²) in [4.78, 5) is 11.8. The Bertz CT molecular complexity index is 642. The Hall–Kier alpha value is -2.40. The van der Waals surface area contributed by atoms with Crippen molar-refractivity contribution in [1.82, 2.24) is 5.32 Å². The highest BCUT2D eigenvalue weighted by atomic mass is 19.1. The Morgan fingerprint density at radius 1 is 0.920 bits per heavy atom. The van der Waals surface area contributed by atoms with Crippen LogP contribution in [0.3, 0.4) is 0 Å². The first-order valence-electron chi connectivity index (χ1n) is 8.66. The Morgan fingerprint density at radius 3 is 2.16 bits per heavy atom. The van der Waals surface area contributed by atoms with Gasteiger partial charge in [0.05, 0.1) is 0 Å². The first-order chi connectivity index (χ1) is 12.2. The van der Waals surface area contributed by atoms with Crippen molar-refractivity contribution < 1.29 is 13.9 Å². The number of nitrogens with one attached hydrogen (secondary N) is 1. The van der Waals surface area contributed by atoms with E-state index in [-0.39, 0.29) is 11.7 Å². The summed E-state index contributed by atoms with van der Waals surface area (Å²) >= 11 is 0. The van der Waals surface area contributed by atoms with Crippen molar-refractivity contribution in [3.8, 4) is 11.5 Å². The lowest BCUT2D eigenvalue weighted by Gasteiger charge is -2.08. The fraction of sp³-hybridized carbons (Fsp3) is 0.350. The molecule has 2 rings (SSSR count). The fourth-order valence-electron chi connectivity index (χ4n) is 2.39. The van der Waals surface area contributed by atoms with Gasteiger partial charge in [0.2, 0.25) is 5.91 Å². The van der Waals surface area contributed by atoms with Gasteiger partial charge in [0, 0.05) is 13.0 Å². The molecule has 3 N–H and O–H groups in total. The molecule has 0 aliphatic heterocycles. The Kier molecular flexibility index (Phi) is 7.92. The maximum absolute atomic E-state index is 12.9. The first-order valence-corrected chi connectivity index (χ1v) is 8.66. The van der Waals surface area contributed by atoms with Gasteiger partial charge in [0.15, 0.2) is 0 Å². The number of nitrogens with two attached hydrogens (primary N) is 1. The van der Waals surface area contributed by atoms with Gasteiger partial charge in [0.1, 0.15) is 17.3 Å². The minimum Gasteiger partial charge on any atom is -0.457 e.